The van der Waals surface area contributed by atoms with Crippen LogP contribution in [0.15, 0.2) is 36.4 Å². The maximum atomic E-state index is 12.5. The summed E-state index contributed by atoms with van der Waals surface area (Å²) in [5, 5.41) is 0. The SMILES string of the molecule is COc1cc(C)c(C(=O)c2ccc(C)cc2)cc1C. The Morgan fingerprint density at radius 1 is 0.947 bits per heavy atom. The summed E-state index contributed by atoms with van der Waals surface area (Å²) in [4.78, 5) is 12.5. The maximum Gasteiger partial charge on any atom is 0.193 e. The van der Waals surface area contributed by atoms with Crippen LogP contribution in [0.3, 0.4) is 0 Å². The van der Waals surface area contributed by atoms with Crippen LogP contribution >= 0.6 is 0 Å². The zero-order valence-electron chi connectivity index (χ0n) is 11.8. The molecular weight excluding hydrogens is 236 g/mol. The van der Waals surface area contributed by atoms with Gasteiger partial charge in [0.15, 0.2) is 5.78 Å². The minimum Gasteiger partial charge on any atom is -0.496 e. The van der Waals surface area contributed by atoms with Crippen molar-refractivity contribution in [3.63, 3.8) is 0 Å². The number of ether oxygens (including phenoxy) is 1. The smallest absolute Gasteiger partial charge is 0.193 e. The highest BCUT2D eigenvalue weighted by Crippen LogP contribution is 2.24. The molecule has 2 heteroatoms. The molecular formula is C17H18O2. The molecule has 2 rings (SSSR count). The summed E-state index contributed by atoms with van der Waals surface area (Å²) >= 11 is 0. The van der Waals surface area contributed by atoms with Gasteiger partial charge in [-0.1, -0.05) is 29.8 Å². The molecule has 0 bridgehead atoms. The van der Waals surface area contributed by atoms with Gasteiger partial charge >= 0.3 is 0 Å². The van der Waals surface area contributed by atoms with E-state index >= 15 is 0 Å². The van der Waals surface area contributed by atoms with E-state index in [1.165, 1.54) is 0 Å². The number of hydrogen-bond acceptors (Lipinski definition) is 2. The zero-order valence-corrected chi connectivity index (χ0v) is 11.8. The monoisotopic (exact) mass is 254 g/mol. The summed E-state index contributed by atoms with van der Waals surface area (Å²) in [7, 11) is 1.64. The Balaban J connectivity index is 2.44. The molecule has 0 spiro atoms. The number of carbonyl (C=O) groups excluding carboxylic acids is 1. The van der Waals surface area contributed by atoms with Crippen LogP contribution in [-0.4, -0.2) is 12.9 Å². The first-order valence-electron chi connectivity index (χ1n) is 6.29. The lowest BCUT2D eigenvalue weighted by Crippen LogP contribution is -2.05. The van der Waals surface area contributed by atoms with Crippen LogP contribution in [-0.2, 0) is 0 Å². The van der Waals surface area contributed by atoms with E-state index in [2.05, 4.69) is 0 Å². The molecule has 0 amide bonds. The molecule has 98 valence electrons. The molecule has 2 aromatic rings. The van der Waals surface area contributed by atoms with E-state index in [1.54, 1.807) is 7.11 Å². The third-order valence-electron chi connectivity index (χ3n) is 3.30. The number of rotatable bonds is 3. The van der Waals surface area contributed by atoms with Crippen molar-refractivity contribution in [3.05, 3.63) is 64.2 Å². The quantitative estimate of drug-likeness (QED) is 0.778. The maximum absolute atomic E-state index is 12.5. The van der Waals surface area contributed by atoms with E-state index in [9.17, 15) is 4.79 Å². The molecule has 0 radical (unpaired) electrons. The standard InChI is InChI=1S/C17H18O2/c1-11-5-7-14(8-6-11)17(18)15-9-13(3)16(19-4)10-12(15)2/h5-10H,1-4H3. The molecule has 2 nitrogen and oxygen atoms in total. The molecule has 0 atom stereocenters. The minimum atomic E-state index is 0.0586. The third kappa shape index (κ3) is 2.68. The first kappa shape index (κ1) is 13.3. The molecule has 0 heterocycles. The molecule has 0 aliphatic heterocycles. The second-order valence-electron chi connectivity index (χ2n) is 4.83. The zero-order chi connectivity index (χ0) is 14.0. The van der Waals surface area contributed by atoms with Crippen LogP contribution < -0.4 is 4.74 Å². The van der Waals surface area contributed by atoms with Gasteiger partial charge in [0.1, 0.15) is 5.75 Å². The molecule has 19 heavy (non-hydrogen) atoms. The summed E-state index contributed by atoms with van der Waals surface area (Å²) in [6, 6.07) is 11.5. The molecule has 0 aliphatic carbocycles. The molecule has 0 unspecified atom stereocenters. The van der Waals surface area contributed by atoms with Gasteiger partial charge in [-0.15, -0.1) is 0 Å². The van der Waals surface area contributed by atoms with Crippen molar-refractivity contribution in [1.82, 2.24) is 0 Å². The highest BCUT2D eigenvalue weighted by molar-refractivity contribution is 6.10. The van der Waals surface area contributed by atoms with Crippen molar-refractivity contribution in [2.45, 2.75) is 20.8 Å². The molecule has 0 aromatic heterocycles. The number of hydrogen-bond donors (Lipinski definition) is 0. The van der Waals surface area contributed by atoms with Crippen molar-refractivity contribution < 1.29 is 9.53 Å². The Hall–Kier alpha value is -2.09. The van der Waals surface area contributed by atoms with Gasteiger partial charge in [-0.2, -0.15) is 0 Å². The fraction of sp³-hybridized carbons (Fsp3) is 0.235. The van der Waals surface area contributed by atoms with Gasteiger partial charge in [0.05, 0.1) is 7.11 Å². The number of carbonyl (C=O) groups is 1. The van der Waals surface area contributed by atoms with Gasteiger partial charge in [-0.25, -0.2) is 0 Å². The van der Waals surface area contributed by atoms with Gasteiger partial charge in [0.2, 0.25) is 0 Å². The van der Waals surface area contributed by atoms with Gasteiger partial charge in [-0.05, 0) is 44.0 Å². The number of ketones is 1. The Morgan fingerprint density at radius 2 is 1.58 bits per heavy atom. The van der Waals surface area contributed by atoms with Crippen molar-refractivity contribution in [2.24, 2.45) is 0 Å². The van der Waals surface area contributed by atoms with Crippen molar-refractivity contribution in [1.29, 1.82) is 0 Å². The van der Waals surface area contributed by atoms with Gasteiger partial charge in [0.25, 0.3) is 0 Å². The van der Waals surface area contributed by atoms with Crippen molar-refractivity contribution in [3.8, 4) is 5.75 Å². The van der Waals surface area contributed by atoms with E-state index < -0.39 is 0 Å². The Labute approximate surface area is 114 Å². The van der Waals surface area contributed by atoms with Crippen LogP contribution in [0.25, 0.3) is 0 Å². The lowest BCUT2D eigenvalue weighted by molar-refractivity contribution is 0.103. The van der Waals surface area contributed by atoms with Gasteiger partial charge < -0.3 is 4.74 Å². The van der Waals surface area contributed by atoms with Crippen LogP contribution in [0.5, 0.6) is 5.75 Å². The van der Waals surface area contributed by atoms with Crippen LogP contribution in [0, 0.1) is 20.8 Å². The average molecular weight is 254 g/mol. The molecule has 0 saturated carbocycles. The Morgan fingerprint density at radius 3 is 2.16 bits per heavy atom. The summed E-state index contributed by atoms with van der Waals surface area (Å²) in [6.45, 7) is 5.89. The van der Waals surface area contributed by atoms with E-state index in [1.807, 2.05) is 57.2 Å². The predicted octanol–water partition coefficient (Wildman–Crippen LogP) is 3.85. The fourth-order valence-corrected chi connectivity index (χ4v) is 2.11. The Bertz CT molecular complexity index is 610. The number of benzene rings is 2. The van der Waals surface area contributed by atoms with E-state index in [-0.39, 0.29) is 5.78 Å². The Kier molecular flexibility index (Phi) is 3.70. The highest BCUT2D eigenvalue weighted by atomic mass is 16.5. The van der Waals surface area contributed by atoms with Gasteiger partial charge in [0, 0.05) is 11.1 Å². The fourth-order valence-electron chi connectivity index (χ4n) is 2.11. The molecule has 2 aromatic carbocycles. The third-order valence-corrected chi connectivity index (χ3v) is 3.30. The first-order valence-corrected chi connectivity index (χ1v) is 6.29. The van der Waals surface area contributed by atoms with E-state index in [4.69, 9.17) is 4.74 Å². The van der Waals surface area contributed by atoms with Crippen molar-refractivity contribution in [2.75, 3.05) is 7.11 Å². The van der Waals surface area contributed by atoms with Crippen LogP contribution in [0.4, 0.5) is 0 Å². The molecule has 0 saturated heterocycles. The van der Waals surface area contributed by atoms with Crippen LogP contribution in [0.1, 0.15) is 32.6 Å². The number of aryl methyl sites for hydroxylation is 3. The predicted molar refractivity (Wildman–Crippen MR) is 77.1 cm³/mol. The first-order chi connectivity index (χ1) is 9.02. The van der Waals surface area contributed by atoms with E-state index in [0.29, 0.717) is 0 Å². The van der Waals surface area contributed by atoms with E-state index in [0.717, 1.165) is 33.6 Å². The topological polar surface area (TPSA) is 26.3 Å². The molecule has 0 aliphatic rings. The molecule has 0 N–H and O–H groups in total. The van der Waals surface area contributed by atoms with Gasteiger partial charge in [-0.3, -0.25) is 4.79 Å². The number of methoxy groups -OCH3 is 1. The average Bonchev–Trinajstić information content (AvgIpc) is 2.41. The van der Waals surface area contributed by atoms with Crippen LogP contribution in [0.2, 0.25) is 0 Å². The highest BCUT2D eigenvalue weighted by Gasteiger charge is 2.13. The normalized spacial score (nSPS) is 10.3. The lowest BCUT2D eigenvalue weighted by Gasteiger charge is -2.10. The summed E-state index contributed by atoms with van der Waals surface area (Å²) < 4.78 is 5.27. The summed E-state index contributed by atoms with van der Waals surface area (Å²) in [5.41, 5.74) is 4.52. The minimum absolute atomic E-state index is 0.0586. The van der Waals surface area contributed by atoms with Crippen molar-refractivity contribution >= 4 is 5.78 Å². The largest absolute Gasteiger partial charge is 0.496 e. The second kappa shape index (κ2) is 5.27. The lowest BCUT2D eigenvalue weighted by atomic mass is 9.96. The summed E-state index contributed by atoms with van der Waals surface area (Å²) in [6.07, 6.45) is 0. The second-order valence-corrected chi connectivity index (χ2v) is 4.83. The summed E-state index contributed by atoms with van der Waals surface area (Å²) in [5.74, 6) is 0.876. The molecule has 0 fully saturated rings.